The van der Waals surface area contributed by atoms with E-state index in [9.17, 15) is 0 Å². The maximum absolute atomic E-state index is 9.00. The third kappa shape index (κ3) is 6.87. The minimum Gasteiger partial charge on any atom is -0.511 e. The molecule has 0 atom stereocenters. The van der Waals surface area contributed by atoms with Crippen molar-refractivity contribution in [1.82, 2.24) is 14.1 Å². The zero-order valence-corrected chi connectivity index (χ0v) is 34.6. The molecule has 0 N–H and O–H groups in total. The van der Waals surface area contributed by atoms with Crippen LogP contribution in [0, 0.1) is 25.0 Å². The first kappa shape index (κ1) is 28.4. The molecule has 10 rings (SSSR count). The number of fused-ring (bicyclic) bond motifs is 4. The molecule has 3 heterocycles. The Morgan fingerprint density at radius 1 is 0.717 bits per heavy atom. The monoisotopic (exact) mass is 964 g/mol. The van der Waals surface area contributed by atoms with E-state index in [1.807, 2.05) is 30.3 Å². The number of benzene rings is 7. The number of pyridine rings is 1. The predicted octanol–water partition coefficient (Wildman–Crippen LogP) is 12.8. The Balaban J connectivity index is 0.00000608. The molecule has 0 unspecified atom stereocenters. The molecule has 0 aliphatic rings. The molecule has 10 aromatic rings. The molecule has 60 heavy (non-hydrogen) atoms. The fraction of sp³-hybridized carbons (Fsp3) is 0.0755. The van der Waals surface area contributed by atoms with Gasteiger partial charge in [0.15, 0.2) is 0 Å². The summed E-state index contributed by atoms with van der Waals surface area (Å²) in [4.78, 5) is 8.55. The van der Waals surface area contributed by atoms with Crippen LogP contribution in [0.15, 0.2) is 170 Å². The van der Waals surface area contributed by atoms with E-state index < -0.39 is 60.4 Å². The van der Waals surface area contributed by atoms with Gasteiger partial charge in [-0.05, 0) is 62.6 Å². The molecule has 7 heteroatoms. The third-order valence-corrected chi connectivity index (χ3v) is 10.2. The van der Waals surface area contributed by atoms with Crippen molar-refractivity contribution < 1.29 is 44.1 Å². The average Bonchev–Trinajstić information content (AvgIpc) is 3.89. The van der Waals surface area contributed by atoms with Crippen LogP contribution >= 0.6 is 0 Å². The molecule has 0 aliphatic heterocycles. The van der Waals surface area contributed by atoms with Gasteiger partial charge in [0.05, 0.1) is 42.7 Å². The van der Waals surface area contributed by atoms with Gasteiger partial charge in [0.1, 0.15) is 5.82 Å². The van der Waals surface area contributed by atoms with Crippen LogP contribution in [-0.4, -0.2) is 14.1 Å². The first-order valence-corrected chi connectivity index (χ1v) is 18.8. The molecule has 0 saturated carbocycles. The molecule has 0 saturated heterocycles. The molecule has 7 aromatic carbocycles. The van der Waals surface area contributed by atoms with E-state index >= 15 is 0 Å². The van der Waals surface area contributed by atoms with Crippen molar-refractivity contribution in [2.45, 2.75) is 26.2 Å². The topological polar surface area (TPSA) is 40.2 Å². The van der Waals surface area contributed by atoms with Gasteiger partial charge in [-0.15, -0.1) is 29.7 Å². The van der Waals surface area contributed by atoms with Crippen molar-refractivity contribution in [2.75, 3.05) is 0 Å². The minimum atomic E-state index is -0.594. The Bertz CT molecular complexity index is 3710. The number of para-hydroxylation sites is 4. The Kier molecular flexibility index (Phi) is 7.38. The molecule has 0 bridgehead atoms. The van der Waals surface area contributed by atoms with Crippen molar-refractivity contribution in [2.24, 2.45) is 0 Å². The zero-order valence-electron chi connectivity index (χ0n) is 42.4. The van der Waals surface area contributed by atoms with E-state index in [1.165, 1.54) is 0 Å². The molecular weight excluding hydrogens is 918 g/mol. The van der Waals surface area contributed by atoms with Gasteiger partial charge in [-0.25, -0.2) is 4.98 Å². The molecule has 0 fully saturated rings. The zero-order chi connectivity index (χ0) is 48.8. The van der Waals surface area contributed by atoms with Crippen LogP contribution in [0.2, 0.25) is 0 Å². The van der Waals surface area contributed by atoms with Crippen molar-refractivity contribution in [3.63, 3.8) is 0 Å². The summed E-state index contributed by atoms with van der Waals surface area (Å²) in [6.45, 7) is 14.6. The van der Waals surface area contributed by atoms with Crippen molar-refractivity contribution in [1.29, 1.82) is 0 Å². The van der Waals surface area contributed by atoms with Crippen LogP contribution in [0.5, 0.6) is 11.5 Å². The van der Waals surface area contributed by atoms with Crippen LogP contribution in [0.25, 0.3) is 77.1 Å². The summed E-state index contributed by atoms with van der Waals surface area (Å²) in [5.74, 6) is 1.24. The Morgan fingerprint density at radius 2 is 1.40 bits per heavy atom. The Hall–Kier alpha value is -7.06. The number of aromatic nitrogens is 4. The maximum Gasteiger partial charge on any atom is 0.268 e. The number of hydrogen-bond acceptors (Lipinski definition) is 2. The van der Waals surface area contributed by atoms with E-state index in [2.05, 4.69) is 60.8 Å². The summed E-state index contributed by atoms with van der Waals surface area (Å²) >= 11 is 0. The van der Waals surface area contributed by atoms with Crippen LogP contribution in [0.3, 0.4) is 0 Å². The van der Waals surface area contributed by atoms with Gasteiger partial charge in [0, 0.05) is 38.5 Å². The van der Waals surface area contributed by atoms with Gasteiger partial charge < -0.3 is 13.9 Å². The van der Waals surface area contributed by atoms with Crippen molar-refractivity contribution >= 4 is 38.5 Å². The fourth-order valence-corrected chi connectivity index (χ4v) is 7.41. The number of nitrogens with zero attached hydrogens (tertiary/aromatic N) is 5. The molecule has 6 nitrogen and oxygen atoms in total. The van der Waals surface area contributed by atoms with E-state index in [0.29, 0.717) is 22.5 Å². The fourth-order valence-electron chi connectivity index (χ4n) is 7.41. The minimum absolute atomic E-state index is 0. The standard InChI is InChI=1S/C53H37N5O.Pt/c1-53(2,3)38-28-29-55-51(30-38)58-47-23-12-11-20-45(47)46-27-26-41(34-50(46)58)59-42-32-39(54-4)31-40(33-42)56-35-57(49-25-14-13-24-48(49)56)52-43(36-16-7-5-8-17-36)21-15-22-44(52)37-18-9-6-10-19-37;/h5-32H,1-3H3;/q-2;/i5D,6D,7D,8D,9D,10D,16D,17D,18D,19D;. The van der Waals surface area contributed by atoms with Crippen molar-refractivity contribution in [3.8, 4) is 50.9 Å². The number of imidazole rings is 1. The first-order valence-electron chi connectivity index (χ1n) is 23.8. The van der Waals surface area contributed by atoms with Gasteiger partial charge >= 0.3 is 0 Å². The van der Waals surface area contributed by atoms with Gasteiger partial charge in [0.25, 0.3) is 6.33 Å². The molecule has 0 spiro atoms. The second-order valence-corrected chi connectivity index (χ2v) is 14.9. The smallest absolute Gasteiger partial charge is 0.268 e. The van der Waals surface area contributed by atoms with Gasteiger partial charge in [-0.1, -0.05) is 153 Å². The van der Waals surface area contributed by atoms with Crippen molar-refractivity contribution in [3.05, 3.63) is 205 Å². The molecule has 3 aromatic heterocycles. The normalized spacial score (nSPS) is 13.8. The van der Waals surface area contributed by atoms with E-state index in [1.54, 1.807) is 76.0 Å². The van der Waals surface area contributed by atoms with Gasteiger partial charge in [-0.3, -0.25) is 9.41 Å². The largest absolute Gasteiger partial charge is 0.511 e. The number of ether oxygens (including phenoxy) is 1. The Labute approximate surface area is 377 Å². The van der Waals surface area contributed by atoms with Gasteiger partial charge in [-0.2, -0.15) is 12.1 Å². The predicted molar refractivity (Wildman–Crippen MR) is 236 cm³/mol. The third-order valence-electron chi connectivity index (χ3n) is 10.2. The SMILES string of the molecule is [2H]c1c([2H])c([2H])c(-c2cccc(-c3c([2H])c([2H])c([2H])c([2H])c3[2H])c2-[n+]2[c-]n(-c3[c-]c(Oc4[c-]c5c(cc4)c4ccccc4n5-c4cc(C(C)(C)C)ccn4)cc([N+]#[C-])c3)c3ccccc32)c([2H])c1[2H].[Pt]. The summed E-state index contributed by atoms with van der Waals surface area (Å²) in [7, 11) is 0. The van der Waals surface area contributed by atoms with Gasteiger partial charge in [0.2, 0.25) is 0 Å². The summed E-state index contributed by atoms with van der Waals surface area (Å²) < 4.78 is 98.6. The molecule has 0 radical (unpaired) electrons. The second kappa shape index (κ2) is 15.6. The quantitative estimate of drug-likeness (QED) is 0.118. The molecule has 0 amide bonds. The second-order valence-electron chi connectivity index (χ2n) is 14.9. The van der Waals surface area contributed by atoms with E-state index in [0.717, 1.165) is 33.2 Å². The van der Waals surface area contributed by atoms with E-state index in [-0.39, 0.29) is 65.9 Å². The van der Waals surface area contributed by atoms with Crippen LogP contribution in [0.1, 0.15) is 40.0 Å². The average molecular weight is 965 g/mol. The summed E-state index contributed by atoms with van der Waals surface area (Å²) in [5.41, 5.74) is 4.13. The number of rotatable bonds is 7. The molecular formula is C53H37N5OPt-2. The summed E-state index contributed by atoms with van der Waals surface area (Å²) in [6.07, 6.45) is 5.15. The Morgan fingerprint density at radius 3 is 2.10 bits per heavy atom. The van der Waals surface area contributed by atoms with Crippen LogP contribution in [0.4, 0.5) is 5.69 Å². The molecule has 292 valence electrons. The molecule has 0 aliphatic carbocycles. The van der Waals surface area contributed by atoms with Crippen LogP contribution in [-0.2, 0) is 26.5 Å². The van der Waals surface area contributed by atoms with Crippen LogP contribution < -0.4 is 9.30 Å². The summed E-state index contributed by atoms with van der Waals surface area (Å²) in [6, 6.07) is 32.1. The van der Waals surface area contributed by atoms with E-state index in [4.69, 9.17) is 30.0 Å². The maximum atomic E-state index is 9.00. The first-order chi connectivity index (χ1) is 33.0. The summed E-state index contributed by atoms with van der Waals surface area (Å²) in [5, 5.41) is 1.94. The number of hydrogen-bond donors (Lipinski definition) is 0.